The van der Waals surface area contributed by atoms with Crippen LogP contribution in [0, 0.1) is 5.92 Å². The minimum absolute atomic E-state index is 0.0520. The number of carbonyl (C=O) groups excluding carboxylic acids is 2. The first kappa shape index (κ1) is 20.5. The maximum Gasteiger partial charge on any atom is 0.335 e. The SMILES string of the molecule is CC1=C(C(=O)NCCc2ccc(S(N)(=O)=O)cc2)C2(CCC(C)CC2)OC1=O. The first-order chi connectivity index (χ1) is 13.1. The minimum Gasteiger partial charge on any atom is -0.451 e. The molecule has 1 aliphatic carbocycles. The zero-order valence-corrected chi connectivity index (χ0v) is 17.0. The van der Waals surface area contributed by atoms with Crippen LogP contribution in [0.4, 0.5) is 0 Å². The number of nitrogens with one attached hydrogen (secondary N) is 1. The van der Waals surface area contributed by atoms with Gasteiger partial charge in [0.25, 0.3) is 5.91 Å². The molecule has 0 saturated heterocycles. The van der Waals surface area contributed by atoms with Gasteiger partial charge < -0.3 is 10.1 Å². The summed E-state index contributed by atoms with van der Waals surface area (Å²) < 4.78 is 28.2. The Morgan fingerprint density at radius 1 is 1.25 bits per heavy atom. The molecule has 3 N–H and O–H groups in total. The highest BCUT2D eigenvalue weighted by Gasteiger charge is 2.50. The number of esters is 1. The van der Waals surface area contributed by atoms with E-state index in [0.717, 1.165) is 18.4 Å². The van der Waals surface area contributed by atoms with E-state index in [9.17, 15) is 18.0 Å². The van der Waals surface area contributed by atoms with Crippen molar-refractivity contribution in [1.29, 1.82) is 0 Å². The van der Waals surface area contributed by atoms with Crippen LogP contribution < -0.4 is 10.5 Å². The monoisotopic (exact) mass is 406 g/mol. The summed E-state index contributed by atoms with van der Waals surface area (Å²) in [5, 5.41) is 7.97. The van der Waals surface area contributed by atoms with E-state index in [0.29, 0.717) is 42.9 Å². The van der Waals surface area contributed by atoms with Crippen molar-refractivity contribution in [2.75, 3.05) is 6.54 Å². The molecule has 1 saturated carbocycles. The Morgan fingerprint density at radius 3 is 2.43 bits per heavy atom. The second-order valence-electron chi connectivity index (χ2n) is 7.76. The molecule has 1 aliphatic heterocycles. The maximum atomic E-state index is 12.8. The van der Waals surface area contributed by atoms with Gasteiger partial charge in [-0.05, 0) is 62.6 Å². The number of amides is 1. The molecule has 1 aromatic rings. The van der Waals surface area contributed by atoms with E-state index in [-0.39, 0.29) is 10.8 Å². The Labute approximate surface area is 165 Å². The Balaban J connectivity index is 1.64. The first-order valence-electron chi connectivity index (χ1n) is 9.47. The van der Waals surface area contributed by atoms with Crippen LogP contribution in [0.15, 0.2) is 40.3 Å². The summed E-state index contributed by atoms with van der Waals surface area (Å²) in [5.41, 5.74) is 0.950. The summed E-state index contributed by atoms with van der Waals surface area (Å²) in [6, 6.07) is 6.23. The van der Waals surface area contributed by atoms with E-state index in [1.54, 1.807) is 19.1 Å². The number of hydrogen-bond acceptors (Lipinski definition) is 5. The highest BCUT2D eigenvalue weighted by atomic mass is 32.2. The number of sulfonamides is 1. The lowest BCUT2D eigenvalue weighted by Gasteiger charge is -2.36. The molecule has 8 heteroatoms. The lowest BCUT2D eigenvalue weighted by molar-refractivity contribution is -0.150. The van der Waals surface area contributed by atoms with Crippen LogP contribution in [0.2, 0.25) is 0 Å². The molecule has 0 aromatic heterocycles. The number of benzene rings is 1. The lowest BCUT2D eigenvalue weighted by Crippen LogP contribution is -2.42. The van der Waals surface area contributed by atoms with Gasteiger partial charge in [0, 0.05) is 12.1 Å². The van der Waals surface area contributed by atoms with Gasteiger partial charge in [-0.2, -0.15) is 0 Å². The molecular weight excluding hydrogens is 380 g/mol. The van der Waals surface area contributed by atoms with E-state index >= 15 is 0 Å². The van der Waals surface area contributed by atoms with Crippen molar-refractivity contribution in [3.63, 3.8) is 0 Å². The van der Waals surface area contributed by atoms with Crippen LogP contribution in [0.3, 0.4) is 0 Å². The highest BCUT2D eigenvalue weighted by Crippen LogP contribution is 2.45. The average Bonchev–Trinajstić information content (AvgIpc) is 2.88. The van der Waals surface area contributed by atoms with Gasteiger partial charge >= 0.3 is 5.97 Å². The zero-order valence-electron chi connectivity index (χ0n) is 16.2. The quantitative estimate of drug-likeness (QED) is 0.724. The Hall–Kier alpha value is -2.19. The van der Waals surface area contributed by atoms with Crippen molar-refractivity contribution < 1.29 is 22.7 Å². The van der Waals surface area contributed by atoms with Crippen molar-refractivity contribution in [3.8, 4) is 0 Å². The van der Waals surface area contributed by atoms with Crippen LogP contribution in [0.25, 0.3) is 0 Å². The average molecular weight is 407 g/mol. The third-order valence-corrected chi connectivity index (χ3v) is 6.61. The Bertz CT molecular complexity index is 910. The third-order valence-electron chi connectivity index (χ3n) is 5.68. The van der Waals surface area contributed by atoms with Crippen LogP contribution in [0.5, 0.6) is 0 Å². The Morgan fingerprint density at radius 2 is 1.86 bits per heavy atom. The summed E-state index contributed by atoms with van der Waals surface area (Å²) in [6.07, 6.45) is 3.73. The van der Waals surface area contributed by atoms with E-state index < -0.39 is 21.6 Å². The lowest BCUT2D eigenvalue weighted by atomic mass is 9.75. The summed E-state index contributed by atoms with van der Waals surface area (Å²) in [7, 11) is -3.72. The fourth-order valence-electron chi connectivity index (χ4n) is 3.96. The van der Waals surface area contributed by atoms with Crippen LogP contribution in [-0.4, -0.2) is 32.4 Å². The summed E-state index contributed by atoms with van der Waals surface area (Å²) in [5.74, 6) is -0.104. The van der Waals surface area contributed by atoms with Crippen molar-refractivity contribution >= 4 is 21.9 Å². The molecule has 0 unspecified atom stereocenters. The molecule has 152 valence electrons. The van der Waals surface area contributed by atoms with Gasteiger partial charge in [0.05, 0.1) is 10.5 Å². The molecule has 1 amide bonds. The molecular formula is C20H26N2O5S. The topological polar surface area (TPSA) is 116 Å². The largest absolute Gasteiger partial charge is 0.451 e. The van der Waals surface area contributed by atoms with Crippen molar-refractivity contribution in [2.45, 2.75) is 56.4 Å². The number of carbonyl (C=O) groups is 2. The van der Waals surface area contributed by atoms with Gasteiger partial charge in [0.15, 0.2) is 0 Å². The summed E-state index contributed by atoms with van der Waals surface area (Å²) in [6.45, 7) is 4.18. The second-order valence-corrected chi connectivity index (χ2v) is 9.32. The minimum atomic E-state index is -3.72. The van der Waals surface area contributed by atoms with Crippen LogP contribution in [-0.2, 0) is 30.8 Å². The van der Waals surface area contributed by atoms with Crippen molar-refractivity contribution in [1.82, 2.24) is 5.32 Å². The second kappa shape index (κ2) is 7.67. The van der Waals surface area contributed by atoms with Gasteiger partial charge in [-0.3, -0.25) is 4.79 Å². The predicted octanol–water partition coefficient (Wildman–Crippen LogP) is 1.81. The fourth-order valence-corrected chi connectivity index (χ4v) is 4.48. The van der Waals surface area contributed by atoms with Crippen LogP contribution >= 0.6 is 0 Å². The first-order valence-corrected chi connectivity index (χ1v) is 11.0. The van der Waals surface area contributed by atoms with E-state index in [4.69, 9.17) is 9.88 Å². The molecule has 1 spiro atoms. The van der Waals surface area contributed by atoms with Gasteiger partial charge in [-0.25, -0.2) is 18.4 Å². The number of ether oxygens (including phenoxy) is 1. The normalized spacial score (nSPS) is 25.1. The maximum absolute atomic E-state index is 12.8. The standard InChI is InChI=1S/C20H26N2O5S/c1-13-7-10-20(11-8-13)17(14(2)19(24)27-20)18(23)22-12-9-15-3-5-16(6-4-15)28(21,25)26/h3-6,13H,7-12H2,1-2H3,(H,22,23)(H2,21,25,26). The molecule has 0 radical (unpaired) electrons. The molecule has 1 heterocycles. The molecule has 1 aromatic carbocycles. The smallest absolute Gasteiger partial charge is 0.335 e. The fraction of sp³-hybridized carbons (Fsp3) is 0.500. The number of rotatable bonds is 5. The van der Waals surface area contributed by atoms with E-state index in [1.807, 2.05) is 0 Å². The van der Waals surface area contributed by atoms with Gasteiger partial charge in [-0.15, -0.1) is 0 Å². The summed E-state index contributed by atoms with van der Waals surface area (Å²) in [4.78, 5) is 25.0. The number of nitrogens with two attached hydrogens (primary N) is 1. The predicted molar refractivity (Wildman–Crippen MR) is 104 cm³/mol. The molecule has 7 nitrogen and oxygen atoms in total. The third kappa shape index (κ3) is 4.12. The van der Waals surface area contributed by atoms with Gasteiger partial charge in [-0.1, -0.05) is 19.1 Å². The van der Waals surface area contributed by atoms with Crippen molar-refractivity contribution in [2.24, 2.45) is 11.1 Å². The number of hydrogen-bond donors (Lipinski definition) is 2. The van der Waals surface area contributed by atoms with Crippen LogP contribution in [0.1, 0.15) is 45.1 Å². The van der Waals surface area contributed by atoms with Gasteiger partial charge in [0.1, 0.15) is 5.60 Å². The van der Waals surface area contributed by atoms with E-state index in [1.165, 1.54) is 12.1 Å². The molecule has 2 aliphatic rings. The van der Waals surface area contributed by atoms with Gasteiger partial charge in [0.2, 0.25) is 10.0 Å². The number of primary sulfonamides is 1. The Kier molecular flexibility index (Phi) is 5.63. The highest BCUT2D eigenvalue weighted by molar-refractivity contribution is 7.89. The van der Waals surface area contributed by atoms with E-state index in [2.05, 4.69) is 12.2 Å². The van der Waals surface area contributed by atoms with Crippen molar-refractivity contribution in [3.05, 3.63) is 41.0 Å². The summed E-state index contributed by atoms with van der Waals surface area (Å²) >= 11 is 0. The molecule has 1 fully saturated rings. The zero-order chi connectivity index (χ0) is 20.5. The molecule has 0 atom stereocenters. The molecule has 3 rings (SSSR count). The molecule has 28 heavy (non-hydrogen) atoms. The molecule has 0 bridgehead atoms.